The molecule has 0 rings (SSSR count). The first-order chi connectivity index (χ1) is 7.20. The van der Waals surface area contributed by atoms with Crippen molar-refractivity contribution in [2.45, 2.75) is 44.9 Å². The van der Waals surface area contributed by atoms with Crippen molar-refractivity contribution in [1.29, 1.82) is 0 Å². The Labute approximate surface area is 91.5 Å². The van der Waals surface area contributed by atoms with Crippen molar-refractivity contribution in [2.75, 3.05) is 7.11 Å². The molecule has 0 aromatic rings. The molecule has 15 heavy (non-hydrogen) atoms. The van der Waals surface area contributed by atoms with Crippen LogP contribution in [0.1, 0.15) is 44.9 Å². The zero-order valence-electron chi connectivity index (χ0n) is 9.46. The maximum Gasteiger partial charge on any atom is 0.305 e. The fraction of sp³-hybridized carbons (Fsp3) is 0.667. The van der Waals surface area contributed by atoms with Crippen LogP contribution in [0.5, 0.6) is 0 Å². The third-order valence-corrected chi connectivity index (χ3v) is 2.18. The van der Waals surface area contributed by atoms with E-state index in [2.05, 4.69) is 11.3 Å². The van der Waals surface area contributed by atoms with Gasteiger partial charge in [-0.1, -0.05) is 6.08 Å². The van der Waals surface area contributed by atoms with Crippen molar-refractivity contribution in [3.63, 3.8) is 0 Å². The van der Waals surface area contributed by atoms with Crippen molar-refractivity contribution >= 4 is 11.8 Å². The Morgan fingerprint density at radius 3 is 2.40 bits per heavy atom. The summed E-state index contributed by atoms with van der Waals surface area (Å²) in [6, 6.07) is 0. The molecule has 0 aliphatic rings. The highest BCUT2D eigenvalue weighted by Crippen LogP contribution is 2.06. The molecule has 0 aliphatic heterocycles. The molecule has 0 fully saturated rings. The Bertz CT molecular complexity index is 209. The minimum atomic E-state index is -0.241. The number of unbranched alkanes of at least 4 members (excludes halogenated alkanes) is 2. The summed E-state index contributed by atoms with van der Waals surface area (Å²) in [5.41, 5.74) is 0. The van der Waals surface area contributed by atoms with Gasteiger partial charge >= 0.3 is 5.97 Å². The number of Topliss-reactive ketones (excluding diaryl/α,β-unsaturated/α-hetero) is 1. The van der Waals surface area contributed by atoms with Crippen molar-refractivity contribution in [1.82, 2.24) is 0 Å². The van der Waals surface area contributed by atoms with Gasteiger partial charge in [0.25, 0.3) is 0 Å². The molecular formula is C12H20O3. The third-order valence-electron chi connectivity index (χ3n) is 2.18. The molecular weight excluding hydrogens is 192 g/mol. The standard InChI is InChI=1S/C12H20O3/c1-3-4-5-6-8-11(13)9-7-10-12(14)15-2/h3H,1,4-10H2,2H3. The number of ether oxygens (including phenoxy) is 1. The Balaban J connectivity index is 3.33. The van der Waals surface area contributed by atoms with Crippen LogP contribution >= 0.6 is 0 Å². The molecule has 0 amide bonds. The molecule has 0 saturated heterocycles. The summed E-state index contributed by atoms with van der Waals surface area (Å²) in [5.74, 6) is -0.00239. The van der Waals surface area contributed by atoms with Gasteiger partial charge in [0.05, 0.1) is 7.11 Å². The Hall–Kier alpha value is -1.12. The van der Waals surface area contributed by atoms with E-state index in [1.54, 1.807) is 0 Å². The monoisotopic (exact) mass is 212 g/mol. The molecule has 0 aromatic carbocycles. The summed E-state index contributed by atoms with van der Waals surface area (Å²) in [7, 11) is 1.36. The van der Waals surface area contributed by atoms with Gasteiger partial charge in [0.1, 0.15) is 5.78 Å². The van der Waals surface area contributed by atoms with E-state index in [-0.39, 0.29) is 11.8 Å². The lowest BCUT2D eigenvalue weighted by Gasteiger charge is -2.00. The molecule has 0 unspecified atom stereocenters. The number of esters is 1. The summed E-state index contributed by atoms with van der Waals surface area (Å²) in [4.78, 5) is 22.0. The van der Waals surface area contributed by atoms with E-state index in [1.165, 1.54) is 7.11 Å². The lowest BCUT2D eigenvalue weighted by Crippen LogP contribution is -2.03. The van der Waals surface area contributed by atoms with Gasteiger partial charge in [0.15, 0.2) is 0 Å². The van der Waals surface area contributed by atoms with Crippen molar-refractivity contribution in [3.8, 4) is 0 Å². The van der Waals surface area contributed by atoms with Crippen LogP contribution in [0.2, 0.25) is 0 Å². The first kappa shape index (κ1) is 13.9. The van der Waals surface area contributed by atoms with Gasteiger partial charge in [0, 0.05) is 19.3 Å². The summed E-state index contributed by atoms with van der Waals surface area (Å²) in [5, 5.41) is 0. The van der Waals surface area contributed by atoms with Gasteiger partial charge in [-0.3, -0.25) is 9.59 Å². The average Bonchev–Trinajstić information content (AvgIpc) is 2.24. The van der Waals surface area contributed by atoms with Crippen LogP contribution < -0.4 is 0 Å². The predicted octanol–water partition coefficient (Wildman–Crippen LogP) is 2.65. The first-order valence-corrected chi connectivity index (χ1v) is 5.40. The predicted molar refractivity (Wildman–Crippen MR) is 59.5 cm³/mol. The zero-order valence-corrected chi connectivity index (χ0v) is 9.46. The highest BCUT2D eigenvalue weighted by Gasteiger charge is 2.04. The van der Waals surface area contributed by atoms with Gasteiger partial charge in [-0.2, -0.15) is 0 Å². The molecule has 0 aromatic heterocycles. The van der Waals surface area contributed by atoms with Crippen LogP contribution in [0, 0.1) is 0 Å². The lowest BCUT2D eigenvalue weighted by molar-refractivity contribution is -0.140. The van der Waals surface area contributed by atoms with Gasteiger partial charge < -0.3 is 4.74 Å². The van der Waals surface area contributed by atoms with Crippen LogP contribution in [0.25, 0.3) is 0 Å². The fourth-order valence-electron chi connectivity index (χ4n) is 1.27. The Morgan fingerprint density at radius 2 is 1.80 bits per heavy atom. The molecule has 0 N–H and O–H groups in total. The van der Waals surface area contributed by atoms with Crippen LogP contribution in [0.3, 0.4) is 0 Å². The number of hydrogen-bond donors (Lipinski definition) is 0. The van der Waals surface area contributed by atoms with E-state index in [4.69, 9.17) is 0 Å². The molecule has 0 atom stereocenters. The normalized spacial score (nSPS) is 9.67. The SMILES string of the molecule is C=CCCCCC(=O)CCCC(=O)OC. The number of rotatable bonds is 9. The van der Waals surface area contributed by atoms with Crippen LogP contribution in [0.15, 0.2) is 12.7 Å². The number of hydrogen-bond acceptors (Lipinski definition) is 3. The van der Waals surface area contributed by atoms with E-state index in [1.807, 2.05) is 6.08 Å². The van der Waals surface area contributed by atoms with Crippen molar-refractivity contribution in [3.05, 3.63) is 12.7 Å². The minimum Gasteiger partial charge on any atom is -0.469 e. The van der Waals surface area contributed by atoms with E-state index in [0.29, 0.717) is 25.7 Å². The molecule has 0 radical (unpaired) electrons. The smallest absolute Gasteiger partial charge is 0.305 e. The molecule has 0 aliphatic carbocycles. The van der Waals surface area contributed by atoms with Gasteiger partial charge in [-0.05, 0) is 25.7 Å². The third kappa shape index (κ3) is 9.19. The molecule has 3 nitrogen and oxygen atoms in total. The topological polar surface area (TPSA) is 43.4 Å². The number of ketones is 1. The van der Waals surface area contributed by atoms with Crippen LogP contribution in [-0.2, 0) is 14.3 Å². The maximum absolute atomic E-state index is 11.3. The Morgan fingerprint density at radius 1 is 1.13 bits per heavy atom. The van der Waals surface area contributed by atoms with Gasteiger partial charge in [0.2, 0.25) is 0 Å². The van der Waals surface area contributed by atoms with Crippen LogP contribution in [0.4, 0.5) is 0 Å². The lowest BCUT2D eigenvalue weighted by atomic mass is 10.1. The number of carbonyl (C=O) groups excluding carboxylic acids is 2. The summed E-state index contributed by atoms with van der Waals surface area (Å²) in [6.45, 7) is 3.62. The number of methoxy groups -OCH3 is 1. The second kappa shape index (κ2) is 9.44. The largest absolute Gasteiger partial charge is 0.469 e. The van der Waals surface area contributed by atoms with Crippen molar-refractivity contribution in [2.24, 2.45) is 0 Å². The highest BCUT2D eigenvalue weighted by atomic mass is 16.5. The quantitative estimate of drug-likeness (QED) is 0.335. The fourth-order valence-corrected chi connectivity index (χ4v) is 1.27. The molecule has 0 saturated carbocycles. The second-order valence-electron chi connectivity index (χ2n) is 3.50. The Kier molecular flexibility index (Phi) is 8.73. The summed E-state index contributed by atoms with van der Waals surface area (Å²) in [6.07, 6.45) is 6.83. The number of allylic oxidation sites excluding steroid dienone is 1. The van der Waals surface area contributed by atoms with Crippen molar-refractivity contribution < 1.29 is 14.3 Å². The van der Waals surface area contributed by atoms with Gasteiger partial charge in [-0.15, -0.1) is 6.58 Å². The highest BCUT2D eigenvalue weighted by molar-refractivity contribution is 5.79. The summed E-state index contributed by atoms with van der Waals surface area (Å²) < 4.78 is 4.48. The maximum atomic E-state index is 11.3. The zero-order chi connectivity index (χ0) is 11.5. The van der Waals surface area contributed by atoms with Gasteiger partial charge in [-0.25, -0.2) is 0 Å². The second-order valence-corrected chi connectivity index (χ2v) is 3.50. The molecule has 3 heteroatoms. The average molecular weight is 212 g/mol. The van der Waals surface area contributed by atoms with E-state index >= 15 is 0 Å². The molecule has 0 spiro atoms. The van der Waals surface area contributed by atoms with E-state index in [9.17, 15) is 9.59 Å². The van der Waals surface area contributed by atoms with E-state index < -0.39 is 0 Å². The summed E-state index contributed by atoms with van der Waals surface area (Å²) >= 11 is 0. The minimum absolute atomic E-state index is 0.239. The molecule has 0 heterocycles. The van der Waals surface area contributed by atoms with Crippen LogP contribution in [-0.4, -0.2) is 18.9 Å². The first-order valence-electron chi connectivity index (χ1n) is 5.40. The number of carbonyl (C=O) groups is 2. The van der Waals surface area contributed by atoms with E-state index in [0.717, 1.165) is 19.3 Å². The molecule has 86 valence electrons. The molecule has 0 bridgehead atoms.